The third-order valence-electron chi connectivity index (χ3n) is 5.88. The van der Waals surface area contributed by atoms with Crippen LogP contribution in [0, 0.1) is 5.92 Å². The minimum absolute atomic E-state index is 0.112. The first-order valence-electron chi connectivity index (χ1n) is 11.1. The van der Waals surface area contributed by atoms with Crippen LogP contribution in [0.4, 0.5) is 0 Å². The Labute approximate surface area is 187 Å². The Balaban J connectivity index is 1.35. The number of hydrogen-bond acceptors (Lipinski definition) is 6. The lowest BCUT2D eigenvalue weighted by molar-refractivity contribution is -0.121. The van der Waals surface area contributed by atoms with E-state index in [4.69, 9.17) is 4.74 Å². The summed E-state index contributed by atoms with van der Waals surface area (Å²) in [4.78, 5) is 27.6. The van der Waals surface area contributed by atoms with Gasteiger partial charge in [0.1, 0.15) is 24.1 Å². The van der Waals surface area contributed by atoms with Crippen molar-refractivity contribution in [1.82, 2.24) is 29.6 Å². The Kier molecular flexibility index (Phi) is 6.84. The number of likely N-dealkylation sites (tertiary alicyclic amines) is 1. The average Bonchev–Trinajstić information content (AvgIpc) is 3.24. The van der Waals surface area contributed by atoms with Crippen LogP contribution >= 0.6 is 0 Å². The highest BCUT2D eigenvalue weighted by Crippen LogP contribution is 2.21. The highest BCUT2D eigenvalue weighted by atomic mass is 16.5. The lowest BCUT2D eigenvalue weighted by atomic mass is 10.0. The fourth-order valence-electron chi connectivity index (χ4n) is 4.17. The maximum atomic E-state index is 12.8. The topological polar surface area (TPSA) is 93.8 Å². The first-order chi connectivity index (χ1) is 15.5. The molecule has 1 saturated heterocycles. The molecule has 9 heteroatoms. The SMILES string of the molecule is COc1ccc(-c2cc3c(=O)n(CC(=O)NCCCN4CCC[C@@H](C)C4)ncn3n2)cc1. The minimum Gasteiger partial charge on any atom is -0.497 e. The highest BCUT2D eigenvalue weighted by Gasteiger charge is 2.16. The summed E-state index contributed by atoms with van der Waals surface area (Å²) in [5, 5.41) is 11.4. The summed E-state index contributed by atoms with van der Waals surface area (Å²) >= 11 is 0. The fourth-order valence-corrected chi connectivity index (χ4v) is 4.17. The number of ether oxygens (including phenoxy) is 1. The molecule has 3 heterocycles. The number of benzene rings is 1. The largest absolute Gasteiger partial charge is 0.497 e. The maximum Gasteiger partial charge on any atom is 0.293 e. The molecular weight excluding hydrogens is 408 g/mol. The quantitative estimate of drug-likeness (QED) is 0.539. The van der Waals surface area contributed by atoms with Crippen molar-refractivity contribution in [1.29, 1.82) is 0 Å². The molecule has 9 nitrogen and oxygen atoms in total. The Morgan fingerprint density at radius 3 is 2.84 bits per heavy atom. The second kappa shape index (κ2) is 9.95. The summed E-state index contributed by atoms with van der Waals surface area (Å²) in [6.45, 7) is 6.03. The van der Waals surface area contributed by atoms with E-state index in [-0.39, 0.29) is 18.0 Å². The molecule has 1 aromatic carbocycles. The van der Waals surface area contributed by atoms with Gasteiger partial charge in [-0.15, -0.1) is 0 Å². The molecule has 1 aliphatic heterocycles. The normalized spacial score (nSPS) is 16.9. The van der Waals surface area contributed by atoms with Gasteiger partial charge < -0.3 is 15.0 Å². The van der Waals surface area contributed by atoms with Gasteiger partial charge in [-0.3, -0.25) is 9.59 Å². The van der Waals surface area contributed by atoms with Crippen molar-refractivity contribution in [2.24, 2.45) is 5.92 Å². The van der Waals surface area contributed by atoms with Crippen molar-refractivity contribution < 1.29 is 9.53 Å². The fraction of sp³-hybridized carbons (Fsp3) is 0.478. The van der Waals surface area contributed by atoms with Gasteiger partial charge >= 0.3 is 0 Å². The Morgan fingerprint density at radius 1 is 1.28 bits per heavy atom. The van der Waals surface area contributed by atoms with Crippen molar-refractivity contribution in [2.45, 2.75) is 32.7 Å². The molecule has 0 aliphatic carbocycles. The number of hydrogen-bond donors (Lipinski definition) is 1. The van der Waals surface area contributed by atoms with Crippen molar-refractivity contribution in [2.75, 3.05) is 33.3 Å². The van der Waals surface area contributed by atoms with E-state index in [0.717, 1.165) is 43.3 Å². The van der Waals surface area contributed by atoms with E-state index in [0.29, 0.717) is 17.8 Å². The molecule has 1 amide bonds. The summed E-state index contributed by atoms with van der Waals surface area (Å²) < 4.78 is 7.79. The van der Waals surface area contributed by atoms with Crippen molar-refractivity contribution in [3.05, 3.63) is 47.0 Å². The number of nitrogens with zero attached hydrogens (tertiary/aromatic N) is 5. The van der Waals surface area contributed by atoms with Gasteiger partial charge in [-0.1, -0.05) is 6.92 Å². The molecule has 0 unspecified atom stereocenters. The number of methoxy groups -OCH3 is 1. The summed E-state index contributed by atoms with van der Waals surface area (Å²) in [5.74, 6) is 1.28. The van der Waals surface area contributed by atoms with Gasteiger partial charge in [-0.2, -0.15) is 10.2 Å². The minimum atomic E-state index is -0.350. The summed E-state index contributed by atoms with van der Waals surface area (Å²) in [7, 11) is 1.61. The van der Waals surface area contributed by atoms with E-state index in [2.05, 4.69) is 27.3 Å². The molecule has 0 spiro atoms. The molecule has 3 aromatic rings. The molecule has 1 N–H and O–H groups in total. The van der Waals surface area contributed by atoms with Crippen molar-refractivity contribution >= 4 is 11.4 Å². The molecular formula is C23H30N6O3. The molecule has 4 rings (SSSR count). The zero-order valence-electron chi connectivity index (χ0n) is 18.7. The lowest BCUT2D eigenvalue weighted by Crippen LogP contribution is -2.38. The maximum absolute atomic E-state index is 12.8. The molecule has 1 fully saturated rings. The van der Waals surface area contributed by atoms with Crippen LogP contribution in [0.1, 0.15) is 26.2 Å². The zero-order valence-corrected chi connectivity index (χ0v) is 18.7. The van der Waals surface area contributed by atoms with E-state index in [1.165, 1.54) is 28.4 Å². The van der Waals surface area contributed by atoms with Crippen LogP contribution < -0.4 is 15.6 Å². The number of nitrogens with one attached hydrogen (secondary N) is 1. The van der Waals surface area contributed by atoms with Gasteiger partial charge in [0.2, 0.25) is 5.91 Å². The number of carbonyl (C=O) groups excluding carboxylic acids is 1. The second-order valence-electron chi connectivity index (χ2n) is 8.43. The van der Waals surface area contributed by atoms with E-state index in [1.54, 1.807) is 13.2 Å². The molecule has 32 heavy (non-hydrogen) atoms. The number of amides is 1. The molecule has 2 aromatic heterocycles. The Bertz CT molecular complexity index is 1120. The third kappa shape index (κ3) is 5.16. The van der Waals surface area contributed by atoms with E-state index in [9.17, 15) is 9.59 Å². The monoisotopic (exact) mass is 438 g/mol. The van der Waals surface area contributed by atoms with Crippen molar-refractivity contribution in [3.8, 4) is 17.0 Å². The van der Waals surface area contributed by atoms with Gasteiger partial charge in [0.25, 0.3) is 5.56 Å². The number of rotatable bonds is 8. The molecule has 1 atom stereocenters. The van der Waals surface area contributed by atoms with Crippen LogP contribution in [-0.2, 0) is 11.3 Å². The second-order valence-corrected chi connectivity index (χ2v) is 8.43. The van der Waals surface area contributed by atoms with E-state index in [1.807, 2.05) is 24.3 Å². The highest BCUT2D eigenvalue weighted by molar-refractivity contribution is 5.75. The molecule has 0 radical (unpaired) electrons. The van der Waals surface area contributed by atoms with Crippen LogP contribution in [-0.4, -0.2) is 63.5 Å². The van der Waals surface area contributed by atoms with E-state index >= 15 is 0 Å². The standard InChI is InChI=1S/C23H30N6O3/c1-17-5-3-11-27(14-17)12-4-10-24-22(30)15-28-23(31)21-13-20(26-29(21)16-25-28)18-6-8-19(32-2)9-7-18/h6-9,13,16-17H,3-5,10-12,14-15H2,1-2H3,(H,24,30)/t17-/m1/s1. The number of fused-ring (bicyclic) bond motifs is 1. The molecule has 0 bridgehead atoms. The number of carbonyl (C=O) groups is 1. The van der Waals surface area contributed by atoms with Crippen LogP contribution in [0.2, 0.25) is 0 Å². The molecule has 0 saturated carbocycles. The predicted octanol–water partition coefficient (Wildman–Crippen LogP) is 1.80. The van der Waals surface area contributed by atoms with Crippen LogP contribution in [0.5, 0.6) is 5.75 Å². The van der Waals surface area contributed by atoms with E-state index < -0.39 is 0 Å². The zero-order chi connectivity index (χ0) is 22.5. The summed E-state index contributed by atoms with van der Waals surface area (Å²) in [6.07, 6.45) is 4.90. The van der Waals surface area contributed by atoms with Crippen LogP contribution in [0.3, 0.4) is 0 Å². The first-order valence-corrected chi connectivity index (χ1v) is 11.1. The van der Waals surface area contributed by atoms with Crippen molar-refractivity contribution in [3.63, 3.8) is 0 Å². The Hall–Kier alpha value is -3.20. The summed E-state index contributed by atoms with van der Waals surface area (Å²) in [5.41, 5.74) is 1.54. The van der Waals surface area contributed by atoms with Gasteiger partial charge in [-0.25, -0.2) is 9.20 Å². The number of piperidine rings is 1. The smallest absolute Gasteiger partial charge is 0.293 e. The van der Waals surface area contributed by atoms with Gasteiger partial charge in [0.05, 0.1) is 12.8 Å². The Morgan fingerprint density at radius 2 is 2.09 bits per heavy atom. The van der Waals surface area contributed by atoms with Gasteiger partial charge in [0, 0.05) is 18.7 Å². The number of aromatic nitrogens is 4. The average molecular weight is 439 g/mol. The van der Waals surface area contributed by atoms with Gasteiger partial charge in [0.15, 0.2) is 0 Å². The molecule has 170 valence electrons. The molecule has 1 aliphatic rings. The van der Waals surface area contributed by atoms with Crippen LogP contribution in [0.25, 0.3) is 16.8 Å². The lowest BCUT2D eigenvalue weighted by Gasteiger charge is -2.30. The third-order valence-corrected chi connectivity index (χ3v) is 5.88. The first kappa shape index (κ1) is 22.0. The predicted molar refractivity (Wildman–Crippen MR) is 122 cm³/mol. The van der Waals surface area contributed by atoms with Gasteiger partial charge in [-0.05, 0) is 68.6 Å². The van der Waals surface area contributed by atoms with Crippen LogP contribution in [0.15, 0.2) is 41.5 Å². The summed E-state index contributed by atoms with van der Waals surface area (Å²) in [6, 6.07) is 9.15.